The maximum atomic E-state index is 3.50. The van der Waals surface area contributed by atoms with E-state index in [-0.39, 0.29) is 0 Å². The van der Waals surface area contributed by atoms with E-state index in [9.17, 15) is 0 Å². The Bertz CT molecular complexity index is 404. The topological polar surface area (TPSA) is 6.48 Å². The summed E-state index contributed by atoms with van der Waals surface area (Å²) >= 11 is 3.50. The van der Waals surface area contributed by atoms with Crippen LogP contribution in [0.15, 0.2) is 28.7 Å². The van der Waals surface area contributed by atoms with Gasteiger partial charge in [0.2, 0.25) is 0 Å². The number of piperazine rings is 1. The summed E-state index contributed by atoms with van der Waals surface area (Å²) in [5.74, 6) is 0. The number of hydrogen-bond donors (Lipinski definition) is 0. The number of hydrogen-bond acceptors (Lipinski definition) is 2. The minimum absolute atomic E-state index is 0.888. The van der Waals surface area contributed by atoms with Gasteiger partial charge in [-0.15, -0.1) is 0 Å². The summed E-state index contributed by atoms with van der Waals surface area (Å²) in [7, 11) is 0. The Balaban J connectivity index is 0.000000847. The standard InChI is InChI=1S/C17H25BrN2.C2H6/c18-16-8-6-15(7-9-16)14-19-10-12-20(13-11-19)17-4-2-1-3-5-17;1-2/h6-9,17H,1-5,10-14H2;1-2H3. The summed E-state index contributed by atoms with van der Waals surface area (Å²) in [4.78, 5) is 5.35. The van der Waals surface area contributed by atoms with Crippen molar-refractivity contribution in [3.63, 3.8) is 0 Å². The van der Waals surface area contributed by atoms with Crippen LogP contribution < -0.4 is 0 Å². The summed E-state index contributed by atoms with van der Waals surface area (Å²) in [6.07, 6.45) is 7.23. The van der Waals surface area contributed by atoms with Gasteiger partial charge < -0.3 is 0 Å². The van der Waals surface area contributed by atoms with Crippen molar-refractivity contribution in [2.45, 2.75) is 58.5 Å². The van der Waals surface area contributed by atoms with E-state index in [1.165, 1.54) is 68.3 Å². The summed E-state index contributed by atoms with van der Waals surface area (Å²) in [6.45, 7) is 10.1. The molecule has 0 bridgehead atoms. The van der Waals surface area contributed by atoms with E-state index in [1.54, 1.807) is 0 Å². The molecular weight excluding hydrogens is 336 g/mol. The highest BCUT2D eigenvalue weighted by molar-refractivity contribution is 9.10. The summed E-state index contributed by atoms with van der Waals surface area (Å²) in [6, 6.07) is 9.65. The van der Waals surface area contributed by atoms with E-state index in [0.717, 1.165) is 12.6 Å². The van der Waals surface area contributed by atoms with Crippen molar-refractivity contribution in [3.05, 3.63) is 34.3 Å². The van der Waals surface area contributed by atoms with E-state index in [2.05, 4.69) is 50.0 Å². The van der Waals surface area contributed by atoms with Gasteiger partial charge in [0.15, 0.2) is 0 Å². The Morgan fingerprint density at radius 2 is 1.50 bits per heavy atom. The molecule has 3 heteroatoms. The lowest BCUT2D eigenvalue weighted by Crippen LogP contribution is -2.50. The van der Waals surface area contributed by atoms with Gasteiger partial charge in [-0.2, -0.15) is 0 Å². The fraction of sp³-hybridized carbons (Fsp3) is 0.684. The van der Waals surface area contributed by atoms with E-state index in [0.29, 0.717) is 0 Å². The largest absolute Gasteiger partial charge is 0.298 e. The van der Waals surface area contributed by atoms with Gasteiger partial charge in [-0.1, -0.05) is 61.2 Å². The van der Waals surface area contributed by atoms with E-state index in [4.69, 9.17) is 0 Å². The van der Waals surface area contributed by atoms with Crippen LogP contribution in [0.5, 0.6) is 0 Å². The molecule has 0 spiro atoms. The van der Waals surface area contributed by atoms with Crippen LogP contribution in [0.4, 0.5) is 0 Å². The van der Waals surface area contributed by atoms with Crippen molar-refractivity contribution >= 4 is 15.9 Å². The highest BCUT2D eigenvalue weighted by atomic mass is 79.9. The first-order valence-electron chi connectivity index (χ1n) is 9.02. The zero-order valence-electron chi connectivity index (χ0n) is 14.2. The first-order valence-corrected chi connectivity index (χ1v) is 9.81. The highest BCUT2D eigenvalue weighted by Crippen LogP contribution is 2.23. The van der Waals surface area contributed by atoms with Gasteiger partial charge in [0, 0.05) is 43.2 Å². The van der Waals surface area contributed by atoms with Crippen molar-refractivity contribution in [3.8, 4) is 0 Å². The van der Waals surface area contributed by atoms with Crippen LogP contribution >= 0.6 is 15.9 Å². The molecule has 1 heterocycles. The zero-order valence-corrected chi connectivity index (χ0v) is 15.8. The van der Waals surface area contributed by atoms with E-state index < -0.39 is 0 Å². The molecule has 1 aliphatic heterocycles. The Morgan fingerprint density at radius 3 is 2.09 bits per heavy atom. The fourth-order valence-corrected chi connectivity index (χ4v) is 3.85. The number of rotatable bonds is 3. The third kappa shape index (κ3) is 5.36. The maximum Gasteiger partial charge on any atom is 0.0234 e. The Hall–Kier alpha value is -0.380. The molecule has 2 aliphatic rings. The minimum Gasteiger partial charge on any atom is -0.298 e. The van der Waals surface area contributed by atoms with Gasteiger partial charge in [-0.25, -0.2) is 0 Å². The molecule has 1 aliphatic carbocycles. The van der Waals surface area contributed by atoms with Crippen LogP contribution in [0.3, 0.4) is 0 Å². The molecule has 0 unspecified atom stereocenters. The molecule has 3 rings (SSSR count). The molecular formula is C19H31BrN2. The predicted octanol–water partition coefficient (Wildman–Crippen LogP) is 4.93. The monoisotopic (exact) mass is 366 g/mol. The molecule has 0 amide bonds. The Morgan fingerprint density at radius 1 is 0.909 bits per heavy atom. The molecule has 0 atom stereocenters. The van der Waals surface area contributed by atoms with Crippen molar-refractivity contribution in [2.24, 2.45) is 0 Å². The van der Waals surface area contributed by atoms with Crippen LogP contribution in [0.2, 0.25) is 0 Å². The number of nitrogens with zero attached hydrogens (tertiary/aromatic N) is 2. The minimum atomic E-state index is 0.888. The Labute approximate surface area is 145 Å². The van der Waals surface area contributed by atoms with Crippen LogP contribution in [0, 0.1) is 0 Å². The molecule has 1 saturated carbocycles. The van der Waals surface area contributed by atoms with E-state index >= 15 is 0 Å². The lowest BCUT2D eigenvalue weighted by molar-refractivity contribution is 0.0755. The zero-order chi connectivity index (χ0) is 15.8. The van der Waals surface area contributed by atoms with Gasteiger partial charge in [0.25, 0.3) is 0 Å². The average molecular weight is 367 g/mol. The van der Waals surface area contributed by atoms with Crippen LogP contribution in [-0.2, 0) is 6.54 Å². The maximum absolute atomic E-state index is 3.50. The quantitative estimate of drug-likeness (QED) is 0.748. The lowest BCUT2D eigenvalue weighted by Gasteiger charge is -2.40. The predicted molar refractivity (Wildman–Crippen MR) is 99.2 cm³/mol. The van der Waals surface area contributed by atoms with Gasteiger partial charge in [-0.3, -0.25) is 9.80 Å². The molecule has 0 aromatic heterocycles. The smallest absolute Gasteiger partial charge is 0.0234 e. The molecule has 1 aromatic carbocycles. The van der Waals surface area contributed by atoms with Crippen LogP contribution in [0.1, 0.15) is 51.5 Å². The van der Waals surface area contributed by atoms with Crippen LogP contribution in [-0.4, -0.2) is 42.0 Å². The Kier molecular flexibility index (Phi) is 7.91. The second-order valence-electron chi connectivity index (χ2n) is 6.23. The average Bonchev–Trinajstić information content (AvgIpc) is 2.60. The lowest BCUT2D eigenvalue weighted by atomic mass is 9.94. The number of benzene rings is 1. The third-order valence-electron chi connectivity index (χ3n) is 4.82. The second-order valence-corrected chi connectivity index (χ2v) is 7.15. The highest BCUT2D eigenvalue weighted by Gasteiger charge is 2.24. The summed E-state index contributed by atoms with van der Waals surface area (Å²) in [5.41, 5.74) is 1.43. The van der Waals surface area contributed by atoms with E-state index in [1.807, 2.05) is 13.8 Å². The van der Waals surface area contributed by atoms with Gasteiger partial charge >= 0.3 is 0 Å². The first-order chi connectivity index (χ1) is 10.8. The molecule has 22 heavy (non-hydrogen) atoms. The molecule has 2 nitrogen and oxygen atoms in total. The van der Waals surface area contributed by atoms with Crippen molar-refractivity contribution < 1.29 is 0 Å². The number of halogens is 1. The normalized spacial score (nSPS) is 21.2. The van der Waals surface area contributed by atoms with Gasteiger partial charge in [0.05, 0.1) is 0 Å². The van der Waals surface area contributed by atoms with Crippen molar-refractivity contribution in [2.75, 3.05) is 26.2 Å². The SMILES string of the molecule is Brc1ccc(CN2CCN(C3CCCCC3)CC2)cc1.CC. The third-order valence-corrected chi connectivity index (χ3v) is 5.35. The molecule has 0 radical (unpaired) electrons. The van der Waals surface area contributed by atoms with Gasteiger partial charge in [-0.05, 0) is 30.5 Å². The van der Waals surface area contributed by atoms with Crippen molar-refractivity contribution in [1.29, 1.82) is 0 Å². The molecule has 1 aromatic rings. The van der Waals surface area contributed by atoms with Gasteiger partial charge in [0.1, 0.15) is 0 Å². The second kappa shape index (κ2) is 9.69. The molecule has 124 valence electrons. The molecule has 1 saturated heterocycles. The molecule has 2 fully saturated rings. The van der Waals surface area contributed by atoms with Crippen molar-refractivity contribution in [1.82, 2.24) is 9.80 Å². The molecule has 0 N–H and O–H groups in total. The summed E-state index contributed by atoms with van der Waals surface area (Å²) in [5, 5.41) is 0. The summed E-state index contributed by atoms with van der Waals surface area (Å²) < 4.78 is 1.17. The first kappa shape index (κ1) is 18.0. The van der Waals surface area contributed by atoms with Crippen LogP contribution in [0.25, 0.3) is 0 Å². The fourth-order valence-electron chi connectivity index (χ4n) is 3.58.